The summed E-state index contributed by atoms with van der Waals surface area (Å²) in [4.78, 5) is 16.4. The number of esters is 1. The number of methoxy groups -OCH3 is 1. The number of rotatable bonds is 5. The van der Waals surface area contributed by atoms with E-state index in [1.165, 1.54) is 25.3 Å². The molecular formula is C21H16FNO3. The van der Waals surface area contributed by atoms with E-state index in [2.05, 4.69) is 4.98 Å². The molecule has 0 radical (unpaired) electrons. The summed E-state index contributed by atoms with van der Waals surface area (Å²) in [5.41, 5.74) is 1.82. The number of halogens is 1. The standard InChI is InChI=1S/C21H16FNO3/c1-25-20-13-15(8-10-18-7-2-3-12-23-18)9-11-19(20)26-21(24)16-5-4-6-17(22)14-16/h2-14H,1H3/b10-8+. The van der Waals surface area contributed by atoms with Gasteiger partial charge in [-0.25, -0.2) is 9.18 Å². The molecule has 0 aliphatic rings. The summed E-state index contributed by atoms with van der Waals surface area (Å²) in [6.45, 7) is 0. The van der Waals surface area contributed by atoms with E-state index in [-0.39, 0.29) is 11.3 Å². The van der Waals surface area contributed by atoms with E-state index in [4.69, 9.17) is 9.47 Å². The first-order valence-corrected chi connectivity index (χ1v) is 7.90. The number of carbonyl (C=O) groups is 1. The summed E-state index contributed by atoms with van der Waals surface area (Å²) in [6, 6.07) is 16.1. The molecule has 2 aromatic carbocycles. The Morgan fingerprint density at radius 1 is 1.00 bits per heavy atom. The average Bonchev–Trinajstić information content (AvgIpc) is 2.68. The molecule has 5 heteroatoms. The van der Waals surface area contributed by atoms with Crippen molar-refractivity contribution in [2.24, 2.45) is 0 Å². The van der Waals surface area contributed by atoms with Gasteiger partial charge in [0.25, 0.3) is 0 Å². The second-order valence-electron chi connectivity index (χ2n) is 5.40. The van der Waals surface area contributed by atoms with Crippen molar-refractivity contribution >= 4 is 18.1 Å². The highest BCUT2D eigenvalue weighted by molar-refractivity contribution is 5.91. The Kier molecular flexibility index (Phi) is 5.39. The van der Waals surface area contributed by atoms with Gasteiger partial charge in [0, 0.05) is 6.20 Å². The van der Waals surface area contributed by atoms with Crippen molar-refractivity contribution in [3.8, 4) is 11.5 Å². The number of hydrogen-bond donors (Lipinski definition) is 0. The molecule has 0 atom stereocenters. The van der Waals surface area contributed by atoms with Gasteiger partial charge < -0.3 is 9.47 Å². The Morgan fingerprint density at radius 3 is 2.62 bits per heavy atom. The molecule has 0 bridgehead atoms. The first-order valence-electron chi connectivity index (χ1n) is 7.90. The van der Waals surface area contributed by atoms with Gasteiger partial charge in [0.1, 0.15) is 5.82 Å². The summed E-state index contributed by atoms with van der Waals surface area (Å²) >= 11 is 0. The van der Waals surface area contributed by atoms with Gasteiger partial charge in [0.05, 0.1) is 18.4 Å². The van der Waals surface area contributed by atoms with Crippen LogP contribution in [-0.2, 0) is 0 Å². The minimum atomic E-state index is -0.653. The van der Waals surface area contributed by atoms with Crippen molar-refractivity contribution < 1.29 is 18.7 Å². The van der Waals surface area contributed by atoms with E-state index in [9.17, 15) is 9.18 Å². The number of aromatic nitrogens is 1. The van der Waals surface area contributed by atoms with E-state index in [0.717, 1.165) is 17.3 Å². The number of ether oxygens (including phenoxy) is 2. The SMILES string of the molecule is COc1cc(/C=C/c2ccccn2)ccc1OC(=O)c1cccc(F)c1. The lowest BCUT2D eigenvalue weighted by Gasteiger charge is -2.10. The van der Waals surface area contributed by atoms with Gasteiger partial charge in [-0.2, -0.15) is 0 Å². The second-order valence-corrected chi connectivity index (χ2v) is 5.40. The lowest BCUT2D eigenvalue weighted by atomic mass is 10.1. The van der Waals surface area contributed by atoms with E-state index < -0.39 is 11.8 Å². The van der Waals surface area contributed by atoms with Crippen molar-refractivity contribution in [2.45, 2.75) is 0 Å². The van der Waals surface area contributed by atoms with Gasteiger partial charge in [0.15, 0.2) is 11.5 Å². The minimum Gasteiger partial charge on any atom is -0.493 e. The molecule has 130 valence electrons. The van der Waals surface area contributed by atoms with Crippen molar-refractivity contribution in [1.82, 2.24) is 4.98 Å². The molecule has 26 heavy (non-hydrogen) atoms. The smallest absolute Gasteiger partial charge is 0.343 e. The monoisotopic (exact) mass is 349 g/mol. The van der Waals surface area contributed by atoms with Crippen molar-refractivity contribution in [2.75, 3.05) is 7.11 Å². The molecule has 1 aromatic heterocycles. The normalized spacial score (nSPS) is 10.7. The van der Waals surface area contributed by atoms with E-state index in [1.54, 1.807) is 24.4 Å². The number of hydrogen-bond acceptors (Lipinski definition) is 4. The highest BCUT2D eigenvalue weighted by Crippen LogP contribution is 2.29. The number of nitrogens with zero attached hydrogens (tertiary/aromatic N) is 1. The topological polar surface area (TPSA) is 48.4 Å². The van der Waals surface area contributed by atoms with E-state index in [0.29, 0.717) is 5.75 Å². The number of benzene rings is 2. The highest BCUT2D eigenvalue weighted by Gasteiger charge is 2.13. The Hall–Kier alpha value is -3.47. The molecule has 3 aromatic rings. The summed E-state index contributed by atoms with van der Waals surface area (Å²) in [5.74, 6) is -0.490. The Labute approximate surface area is 150 Å². The molecule has 0 unspecified atom stereocenters. The molecule has 0 aliphatic heterocycles. The predicted octanol–water partition coefficient (Wildman–Crippen LogP) is 4.62. The fourth-order valence-corrected chi connectivity index (χ4v) is 2.30. The second kappa shape index (κ2) is 8.07. The number of carbonyl (C=O) groups excluding carboxylic acids is 1. The van der Waals surface area contributed by atoms with Crippen LogP contribution in [0.2, 0.25) is 0 Å². The zero-order valence-electron chi connectivity index (χ0n) is 14.1. The molecular weight excluding hydrogens is 333 g/mol. The van der Waals surface area contributed by atoms with Crippen LogP contribution in [0.15, 0.2) is 66.9 Å². The van der Waals surface area contributed by atoms with Crippen LogP contribution in [0.25, 0.3) is 12.2 Å². The van der Waals surface area contributed by atoms with Crippen LogP contribution >= 0.6 is 0 Å². The summed E-state index contributed by atoms with van der Waals surface area (Å²) < 4.78 is 23.9. The van der Waals surface area contributed by atoms with Crippen LogP contribution in [0.3, 0.4) is 0 Å². The molecule has 0 fully saturated rings. The lowest BCUT2D eigenvalue weighted by Crippen LogP contribution is -2.09. The van der Waals surface area contributed by atoms with Crippen LogP contribution in [0.4, 0.5) is 4.39 Å². The van der Waals surface area contributed by atoms with Crippen molar-refractivity contribution in [3.05, 3.63) is 89.5 Å². The average molecular weight is 349 g/mol. The maximum atomic E-state index is 13.2. The first kappa shape index (κ1) is 17.4. The highest BCUT2D eigenvalue weighted by atomic mass is 19.1. The van der Waals surface area contributed by atoms with Gasteiger partial charge in [-0.05, 0) is 54.1 Å². The third-order valence-corrected chi connectivity index (χ3v) is 3.58. The van der Waals surface area contributed by atoms with Gasteiger partial charge in [-0.3, -0.25) is 4.98 Å². The third kappa shape index (κ3) is 4.33. The first-order chi connectivity index (χ1) is 12.7. The Bertz CT molecular complexity index is 939. The maximum absolute atomic E-state index is 13.2. The molecule has 4 nitrogen and oxygen atoms in total. The van der Waals surface area contributed by atoms with Gasteiger partial charge >= 0.3 is 5.97 Å². The van der Waals surface area contributed by atoms with Crippen LogP contribution in [-0.4, -0.2) is 18.1 Å². The molecule has 1 heterocycles. The fraction of sp³-hybridized carbons (Fsp3) is 0.0476. The maximum Gasteiger partial charge on any atom is 0.343 e. The van der Waals surface area contributed by atoms with Gasteiger partial charge in [-0.1, -0.05) is 24.3 Å². The Balaban J connectivity index is 1.78. The van der Waals surface area contributed by atoms with Gasteiger partial charge in [-0.15, -0.1) is 0 Å². The summed E-state index contributed by atoms with van der Waals surface area (Å²) in [6.07, 6.45) is 5.46. The summed E-state index contributed by atoms with van der Waals surface area (Å²) in [5, 5.41) is 0. The van der Waals surface area contributed by atoms with E-state index >= 15 is 0 Å². The lowest BCUT2D eigenvalue weighted by molar-refractivity contribution is 0.0729. The quantitative estimate of drug-likeness (QED) is 0.498. The van der Waals surface area contributed by atoms with Gasteiger partial charge in [0.2, 0.25) is 0 Å². The third-order valence-electron chi connectivity index (χ3n) is 3.58. The molecule has 0 aliphatic carbocycles. The predicted molar refractivity (Wildman–Crippen MR) is 97.5 cm³/mol. The van der Waals surface area contributed by atoms with Crippen LogP contribution in [0, 0.1) is 5.82 Å². The van der Waals surface area contributed by atoms with Crippen LogP contribution in [0.1, 0.15) is 21.6 Å². The zero-order chi connectivity index (χ0) is 18.4. The molecule has 0 saturated heterocycles. The van der Waals surface area contributed by atoms with Crippen molar-refractivity contribution in [3.63, 3.8) is 0 Å². The summed E-state index contributed by atoms with van der Waals surface area (Å²) in [7, 11) is 1.49. The van der Waals surface area contributed by atoms with E-state index in [1.807, 2.05) is 30.4 Å². The van der Waals surface area contributed by atoms with Crippen LogP contribution in [0.5, 0.6) is 11.5 Å². The van der Waals surface area contributed by atoms with Crippen LogP contribution < -0.4 is 9.47 Å². The minimum absolute atomic E-state index is 0.131. The molecule has 0 saturated carbocycles. The Morgan fingerprint density at radius 2 is 1.88 bits per heavy atom. The molecule has 3 rings (SSSR count). The molecule has 0 N–H and O–H groups in total. The molecule has 0 spiro atoms. The largest absolute Gasteiger partial charge is 0.493 e. The number of pyridine rings is 1. The fourth-order valence-electron chi connectivity index (χ4n) is 2.30. The molecule has 0 amide bonds. The zero-order valence-corrected chi connectivity index (χ0v) is 14.1. The van der Waals surface area contributed by atoms with Crippen molar-refractivity contribution in [1.29, 1.82) is 0 Å².